The number of esters is 13. The van der Waals surface area contributed by atoms with Gasteiger partial charge in [-0.2, -0.15) is 79.0 Å². The van der Waals surface area contributed by atoms with E-state index in [9.17, 15) is 156 Å². The van der Waals surface area contributed by atoms with Crippen LogP contribution in [0.1, 0.15) is 268 Å². The molecule has 11 fully saturated rings. The number of carboxylic acid groups (broad SMARTS) is 1. The number of hydrogen-bond acceptors (Lipinski definition) is 29. The number of carbonyl (C=O) groups is 14. The molecule has 0 amide bonds. The molecule has 6 bridgehead atoms. The van der Waals surface area contributed by atoms with Crippen LogP contribution in [0.4, 0.5) is 79.0 Å². The number of aliphatic hydroxyl groups is 2. The van der Waals surface area contributed by atoms with Gasteiger partial charge in [-0.15, -0.1) is 0 Å². The SMILES string of the molecule is CCC(=O)OC1C2CC3C1OC(=O)C3(C(=O)OC(C)C(F)(F)F)C2.CCC(C)(C)C(=O)O.CCC(C)(C)C(=O)OC1CC(C(C)(O)C(F)(F)F)CC(C(O)(C(F)(F)F)C(F)(F)F)C1.CCC(C)(C)C(=O)OC1CCC(C(C)(C)C)CC1.CCC(C)(C)C(=O)OCC(=O)OC1C2CC3C1OC(=O)C3C2C(=O)OC(C)C(F)(F)F.CCC(C)(C)C(=O)OCC(=O)OC1C2CC3C1OC(=O)C3C2C(=O)OC(C)C(F)(F)F. The topological polar surface area (TPSA) is 420 Å². The molecule has 24 unspecified atom stereocenters. The fourth-order valence-corrected chi connectivity index (χ4v) is 19.0. The Bertz CT molecular complexity index is 4390. The van der Waals surface area contributed by atoms with Crippen molar-refractivity contribution in [1.29, 1.82) is 0 Å². The zero-order valence-corrected chi connectivity index (χ0v) is 84.0. The molecule has 143 heavy (non-hydrogen) atoms. The molecule has 0 radical (unpaired) electrons. The average Bonchev–Trinajstić information content (AvgIpc) is 1.51. The molecule has 3 saturated heterocycles. The Morgan fingerprint density at radius 3 is 1.08 bits per heavy atom. The van der Waals surface area contributed by atoms with Gasteiger partial charge in [-0.1, -0.05) is 62.3 Å². The van der Waals surface area contributed by atoms with Crippen LogP contribution in [0, 0.1) is 115 Å². The molecule has 0 aromatic rings. The van der Waals surface area contributed by atoms with E-state index in [0.29, 0.717) is 51.9 Å². The molecule has 11 aliphatic rings. The van der Waals surface area contributed by atoms with Crippen LogP contribution < -0.4 is 0 Å². The van der Waals surface area contributed by atoms with E-state index >= 15 is 0 Å². The summed E-state index contributed by atoms with van der Waals surface area (Å²) in [7, 11) is 0. The standard InChI is InChI=1S/2C20H25F3O8.C18H25F9O4.C16H30O2.C15H17F3O6.C6H12O2/c2*1-5-19(3,4)18(27)28-7-11(24)30-14-9-6-10-13(17(26)31-15(10)14)12(9)16(25)29-8(2)20(21,22)23;1-5-13(2,3)12(28)31-11-7-9(14(4,29)16(19,20)21)6-10(8-11)15(30,17(22,23)24)18(25,26)27;1-7-16(5,6)14(17)18-13-10-8-12(9-11-13)15(2,3)4;1-3-9(19)23-10-7-4-8-11(10)24-13(21)14(8,5-7)12(20)22-6(2)15(16,17)18;1-4-6(2,3)5(7)8/h2*8-10,12-15H,5-7H2,1-4H3;9-11,29-30H,5-8H2,1-4H3;12-13H,7-11H2,1-6H3;6-8,10-11H,3-5H2,1-2H3;4H2,1-3H3,(H,7,8). The quantitative estimate of drug-likeness (QED) is 0.0283. The van der Waals surface area contributed by atoms with Crippen LogP contribution in [-0.4, -0.2) is 228 Å². The van der Waals surface area contributed by atoms with Gasteiger partial charge in [0.15, 0.2) is 42.5 Å². The predicted molar refractivity (Wildman–Crippen MR) is 456 cm³/mol. The summed E-state index contributed by atoms with van der Waals surface area (Å²) < 4.78 is 300. The van der Waals surface area contributed by atoms with Crippen molar-refractivity contribution in [3.63, 3.8) is 0 Å². The van der Waals surface area contributed by atoms with Crippen molar-refractivity contribution in [3.05, 3.63) is 0 Å². The zero-order valence-electron chi connectivity index (χ0n) is 84.0. The third-order valence-corrected chi connectivity index (χ3v) is 30.7. The van der Waals surface area contributed by atoms with Gasteiger partial charge < -0.3 is 76.9 Å². The smallest absolute Gasteiger partial charge is 0.426 e. The molecule has 0 aromatic carbocycles. The summed E-state index contributed by atoms with van der Waals surface area (Å²) in [5.74, 6) is -22.8. The number of ether oxygens (including phenoxy) is 13. The van der Waals surface area contributed by atoms with Gasteiger partial charge in [0.25, 0.3) is 5.60 Å². The lowest BCUT2D eigenvalue weighted by atomic mass is 9.66. The Morgan fingerprint density at radius 2 is 0.748 bits per heavy atom. The molecule has 11 rings (SSSR count). The highest BCUT2D eigenvalue weighted by Crippen LogP contribution is 2.65. The molecular formula is C95H134F18O30. The van der Waals surface area contributed by atoms with Crippen LogP contribution in [0.25, 0.3) is 0 Å². The maximum Gasteiger partial charge on any atom is 0.426 e. The highest BCUT2D eigenvalue weighted by atomic mass is 19.4. The second-order valence-corrected chi connectivity index (χ2v) is 43.2. The van der Waals surface area contributed by atoms with Crippen LogP contribution >= 0.6 is 0 Å². The largest absolute Gasteiger partial charge is 0.481 e. The molecule has 820 valence electrons. The second-order valence-electron chi connectivity index (χ2n) is 43.2. The van der Waals surface area contributed by atoms with E-state index in [-0.39, 0.29) is 62.4 Å². The van der Waals surface area contributed by atoms with Crippen molar-refractivity contribution in [2.24, 2.45) is 115 Å². The molecule has 3 N–H and O–H groups in total. The van der Waals surface area contributed by atoms with Crippen molar-refractivity contribution in [2.45, 2.75) is 384 Å². The van der Waals surface area contributed by atoms with Gasteiger partial charge in [-0.3, -0.25) is 57.5 Å². The van der Waals surface area contributed by atoms with Gasteiger partial charge in [-0.05, 0) is 211 Å². The van der Waals surface area contributed by atoms with Crippen LogP contribution in [0.3, 0.4) is 0 Å². The zero-order chi connectivity index (χ0) is 110. The molecule has 8 aliphatic carbocycles. The predicted octanol–water partition coefficient (Wildman–Crippen LogP) is 17.1. The van der Waals surface area contributed by atoms with Crippen molar-refractivity contribution < 1.29 is 223 Å². The number of alkyl halides is 18. The maximum absolute atomic E-state index is 13.3. The Balaban J connectivity index is 0.000000271. The molecule has 24 atom stereocenters. The molecule has 48 heteroatoms. The Morgan fingerprint density at radius 1 is 0.392 bits per heavy atom. The van der Waals surface area contributed by atoms with Gasteiger partial charge in [0.2, 0.25) is 0 Å². The van der Waals surface area contributed by atoms with Crippen LogP contribution in [0.15, 0.2) is 0 Å². The number of rotatable bonds is 28. The first kappa shape index (κ1) is 123. The minimum absolute atomic E-state index is 0.0158. The first-order valence-corrected chi connectivity index (χ1v) is 47.5. The highest BCUT2D eigenvalue weighted by molar-refractivity contribution is 6.03. The first-order chi connectivity index (χ1) is 64.8. The Kier molecular flexibility index (Phi) is 38.8. The first-order valence-electron chi connectivity index (χ1n) is 47.5. The average molecular weight is 2100 g/mol. The van der Waals surface area contributed by atoms with Crippen LogP contribution in [-0.2, 0) is 129 Å². The lowest BCUT2D eigenvalue weighted by molar-refractivity contribution is -0.391. The normalized spacial score (nSPS) is 30.0. The minimum Gasteiger partial charge on any atom is -0.481 e. The van der Waals surface area contributed by atoms with Crippen molar-refractivity contribution in [3.8, 4) is 0 Å². The van der Waals surface area contributed by atoms with E-state index < -0.39 is 312 Å². The third kappa shape index (κ3) is 27.6. The number of carboxylic acids is 1. The third-order valence-electron chi connectivity index (χ3n) is 30.7. The molecule has 8 saturated carbocycles. The summed E-state index contributed by atoms with van der Waals surface area (Å²) in [6.45, 7) is 35.3. The molecule has 0 aromatic heterocycles. The van der Waals surface area contributed by atoms with E-state index in [2.05, 4.69) is 35.0 Å². The highest BCUT2D eigenvalue weighted by Gasteiger charge is 2.78. The van der Waals surface area contributed by atoms with E-state index in [1.165, 1.54) is 26.7 Å². The van der Waals surface area contributed by atoms with Gasteiger partial charge >= 0.3 is 121 Å². The number of carbonyl (C=O) groups excluding carboxylic acids is 13. The molecule has 0 spiro atoms. The monoisotopic (exact) mass is 2100 g/mol. The molecule has 3 heterocycles. The van der Waals surface area contributed by atoms with Crippen molar-refractivity contribution in [2.75, 3.05) is 13.2 Å². The summed E-state index contributed by atoms with van der Waals surface area (Å²) in [5.41, 5.74) is -14.0. The lowest BCUT2D eigenvalue weighted by Crippen LogP contribution is -2.64. The Labute approximate surface area is 815 Å². The molecule has 3 aliphatic heterocycles. The summed E-state index contributed by atoms with van der Waals surface area (Å²) in [6.07, 6.45) is -41.1. The van der Waals surface area contributed by atoms with E-state index in [0.717, 1.165) is 25.2 Å². The summed E-state index contributed by atoms with van der Waals surface area (Å²) in [5, 5.41) is 28.1. The van der Waals surface area contributed by atoms with Crippen LogP contribution in [0.5, 0.6) is 0 Å². The van der Waals surface area contributed by atoms with E-state index in [1.54, 1.807) is 69.2 Å². The van der Waals surface area contributed by atoms with E-state index in [1.807, 2.05) is 27.7 Å². The maximum atomic E-state index is 13.3. The van der Waals surface area contributed by atoms with Crippen molar-refractivity contribution >= 4 is 83.6 Å². The number of fused-ring (bicyclic) bond motifs is 3. The summed E-state index contributed by atoms with van der Waals surface area (Å²) >= 11 is 0. The molecular weight excluding hydrogens is 1960 g/mol. The fraction of sp³-hybridized carbons (Fsp3) is 0.853. The number of hydrogen-bond donors (Lipinski definition) is 3. The van der Waals surface area contributed by atoms with Gasteiger partial charge in [-0.25, -0.2) is 9.59 Å². The van der Waals surface area contributed by atoms with Crippen molar-refractivity contribution in [1.82, 2.24) is 0 Å². The second kappa shape index (κ2) is 45.1. The minimum atomic E-state index is -6.28. The van der Waals surface area contributed by atoms with Gasteiger partial charge in [0.05, 0.1) is 50.7 Å². The van der Waals surface area contributed by atoms with Crippen LogP contribution in [0.2, 0.25) is 0 Å². The number of aliphatic carboxylic acids is 1. The Hall–Kier alpha value is -8.76. The summed E-state index contributed by atoms with van der Waals surface area (Å²) in [6, 6.07) is 0. The molecule has 30 nitrogen and oxygen atoms in total. The van der Waals surface area contributed by atoms with Gasteiger partial charge in [0.1, 0.15) is 48.8 Å². The van der Waals surface area contributed by atoms with Gasteiger partial charge in [0, 0.05) is 53.8 Å². The lowest BCUT2D eigenvalue weighted by Gasteiger charge is -2.47. The summed E-state index contributed by atoms with van der Waals surface area (Å²) in [4.78, 5) is 168. The fourth-order valence-electron chi connectivity index (χ4n) is 19.0. The number of halogens is 18. The van der Waals surface area contributed by atoms with E-state index in [4.69, 9.17) is 52.5 Å².